The number of aromatic amines is 1. The largest absolute Gasteiger partial charge is 0.504 e. The van der Waals surface area contributed by atoms with Gasteiger partial charge in [-0.25, -0.2) is 13.8 Å². The summed E-state index contributed by atoms with van der Waals surface area (Å²) < 4.78 is 69.0. The molecule has 6 nitrogen and oxygen atoms in total. The number of imidazole rings is 1. The average molecular weight is 473 g/mol. The van der Waals surface area contributed by atoms with Crippen LogP contribution in [0.4, 0.5) is 27.6 Å². The van der Waals surface area contributed by atoms with Crippen molar-refractivity contribution in [2.24, 2.45) is 11.8 Å². The highest BCUT2D eigenvalue weighted by atomic mass is 19.4. The Morgan fingerprint density at radius 3 is 2.41 bits per heavy atom. The van der Waals surface area contributed by atoms with Gasteiger partial charge in [0.25, 0.3) is 0 Å². The molecule has 1 saturated heterocycles. The Bertz CT molecular complexity index is 1410. The lowest BCUT2D eigenvalue weighted by atomic mass is 9.78. The van der Waals surface area contributed by atoms with Gasteiger partial charge in [-0.3, -0.25) is 4.79 Å². The summed E-state index contributed by atoms with van der Waals surface area (Å²) in [5.41, 5.74) is 1.21. The number of nitrogens with one attached hydrogen (secondary N) is 1. The molecule has 0 bridgehead atoms. The number of carbonyl (C=O) groups excluding carboxylic acids is 1. The lowest BCUT2D eigenvalue weighted by molar-refractivity contribution is -0.212. The minimum Gasteiger partial charge on any atom is -0.345 e. The predicted octanol–water partition coefficient (Wildman–Crippen LogP) is 5.30. The molecule has 1 aliphatic carbocycles. The SMILES string of the molecule is O=C1C(C2CC2)C(c2c(F)cc(-c3ccn(C(F)(F)F)n3)cc2F)N1c1ccc2[nH]cnc2c1. The van der Waals surface area contributed by atoms with Crippen LogP contribution in [-0.4, -0.2) is 25.7 Å². The molecule has 2 aliphatic rings. The first kappa shape index (κ1) is 20.8. The highest BCUT2D eigenvalue weighted by Crippen LogP contribution is 2.55. The predicted molar refractivity (Wildman–Crippen MR) is 111 cm³/mol. The van der Waals surface area contributed by atoms with E-state index in [1.165, 1.54) is 11.2 Å². The van der Waals surface area contributed by atoms with Crippen LogP contribution in [0.3, 0.4) is 0 Å². The van der Waals surface area contributed by atoms with Crippen LogP contribution in [0.25, 0.3) is 22.3 Å². The van der Waals surface area contributed by atoms with Crippen molar-refractivity contribution in [3.63, 3.8) is 0 Å². The summed E-state index contributed by atoms with van der Waals surface area (Å²) in [7, 11) is 0. The third-order valence-electron chi connectivity index (χ3n) is 6.47. The molecule has 2 aromatic heterocycles. The van der Waals surface area contributed by atoms with Crippen molar-refractivity contribution in [1.29, 1.82) is 0 Å². The Hall–Kier alpha value is -3.76. The maximum Gasteiger partial charge on any atom is 0.504 e. The summed E-state index contributed by atoms with van der Waals surface area (Å²) in [6, 6.07) is 7.19. The van der Waals surface area contributed by atoms with Gasteiger partial charge in [-0.15, -0.1) is 13.2 Å². The fraction of sp³-hybridized carbons (Fsp3) is 0.261. The molecule has 1 N–H and O–H groups in total. The number of hydrogen-bond acceptors (Lipinski definition) is 3. The number of aromatic nitrogens is 4. The Morgan fingerprint density at radius 2 is 1.76 bits per heavy atom. The fourth-order valence-corrected chi connectivity index (χ4v) is 4.73. The number of nitrogens with zero attached hydrogens (tertiary/aromatic N) is 4. The van der Waals surface area contributed by atoms with Crippen LogP contribution < -0.4 is 4.90 Å². The molecule has 2 unspecified atom stereocenters. The Labute approximate surface area is 189 Å². The molecular formula is C23H16F5N5O. The van der Waals surface area contributed by atoms with Crippen LogP contribution in [0.15, 0.2) is 48.9 Å². The van der Waals surface area contributed by atoms with E-state index in [2.05, 4.69) is 15.1 Å². The number of fused-ring (bicyclic) bond motifs is 1. The van der Waals surface area contributed by atoms with Crippen LogP contribution in [-0.2, 0) is 11.1 Å². The van der Waals surface area contributed by atoms with Crippen LogP contribution in [0, 0.1) is 23.5 Å². The molecule has 174 valence electrons. The summed E-state index contributed by atoms with van der Waals surface area (Å²) >= 11 is 0. The van der Waals surface area contributed by atoms with Gasteiger partial charge in [-0.05, 0) is 55.2 Å². The second-order valence-corrected chi connectivity index (χ2v) is 8.59. The smallest absolute Gasteiger partial charge is 0.345 e. The molecule has 11 heteroatoms. The van der Waals surface area contributed by atoms with Crippen molar-refractivity contribution in [3.05, 3.63) is 66.1 Å². The van der Waals surface area contributed by atoms with Crippen molar-refractivity contribution in [2.75, 3.05) is 4.90 Å². The molecule has 4 aromatic rings. The molecule has 2 aromatic carbocycles. The van der Waals surface area contributed by atoms with Crippen molar-refractivity contribution in [3.8, 4) is 11.3 Å². The van der Waals surface area contributed by atoms with Gasteiger partial charge in [0.05, 0.1) is 35.0 Å². The number of amides is 1. The number of β-lactam (4-membered cyclic amide) rings is 1. The standard InChI is InChI=1S/C23H16F5N5O/c24-14-7-12(16-5-6-32(31-16)23(26,27)28)8-15(25)20(14)21-19(11-1-2-11)22(34)33(21)13-3-4-17-18(9-13)30-10-29-17/h3-11,19,21H,1-2H2,(H,29,30). The van der Waals surface area contributed by atoms with Gasteiger partial charge in [0.15, 0.2) is 0 Å². The van der Waals surface area contributed by atoms with Gasteiger partial charge in [0.1, 0.15) is 11.6 Å². The monoisotopic (exact) mass is 473 g/mol. The zero-order valence-electron chi connectivity index (χ0n) is 17.4. The van der Waals surface area contributed by atoms with E-state index in [0.29, 0.717) is 17.4 Å². The molecule has 0 spiro atoms. The molecule has 34 heavy (non-hydrogen) atoms. The van der Waals surface area contributed by atoms with Crippen molar-refractivity contribution in [1.82, 2.24) is 19.7 Å². The summed E-state index contributed by atoms with van der Waals surface area (Å²) in [6.45, 7) is 0. The third kappa shape index (κ3) is 3.17. The normalized spacial score (nSPS) is 20.7. The number of benzene rings is 2. The Balaban J connectivity index is 1.41. The van der Waals surface area contributed by atoms with Gasteiger partial charge in [-0.2, -0.15) is 9.78 Å². The Morgan fingerprint density at radius 1 is 1.03 bits per heavy atom. The van der Waals surface area contributed by atoms with E-state index in [1.807, 2.05) is 0 Å². The molecule has 1 amide bonds. The number of carbonyl (C=O) groups is 1. The number of hydrogen-bond donors (Lipinski definition) is 1. The zero-order chi connectivity index (χ0) is 23.8. The number of rotatable bonds is 4. The van der Waals surface area contributed by atoms with E-state index in [-0.39, 0.29) is 33.3 Å². The van der Waals surface area contributed by atoms with Crippen LogP contribution in [0.1, 0.15) is 24.4 Å². The van der Waals surface area contributed by atoms with E-state index in [4.69, 9.17) is 0 Å². The van der Waals surface area contributed by atoms with Gasteiger partial charge >= 0.3 is 6.30 Å². The zero-order valence-corrected chi connectivity index (χ0v) is 17.4. The molecule has 1 aliphatic heterocycles. The minimum atomic E-state index is -4.74. The topological polar surface area (TPSA) is 66.8 Å². The van der Waals surface area contributed by atoms with Gasteiger partial charge in [0.2, 0.25) is 5.91 Å². The summed E-state index contributed by atoms with van der Waals surface area (Å²) in [5.74, 6) is -2.61. The molecule has 2 fully saturated rings. The van der Waals surface area contributed by atoms with E-state index in [1.54, 1.807) is 18.2 Å². The fourth-order valence-electron chi connectivity index (χ4n) is 4.73. The molecule has 6 rings (SSSR count). The van der Waals surface area contributed by atoms with Crippen LogP contribution in [0.5, 0.6) is 0 Å². The first-order chi connectivity index (χ1) is 16.2. The number of anilines is 1. The van der Waals surface area contributed by atoms with Crippen LogP contribution >= 0.6 is 0 Å². The minimum absolute atomic E-state index is 0.0452. The second kappa shape index (κ2) is 7.12. The summed E-state index contributed by atoms with van der Waals surface area (Å²) in [5, 5.41) is 3.38. The van der Waals surface area contributed by atoms with E-state index in [0.717, 1.165) is 36.6 Å². The molecule has 3 heterocycles. The van der Waals surface area contributed by atoms with Crippen molar-refractivity contribution >= 4 is 22.6 Å². The highest BCUT2D eigenvalue weighted by molar-refractivity contribution is 6.04. The maximum atomic E-state index is 15.3. The molecular weight excluding hydrogens is 457 g/mol. The molecule has 1 saturated carbocycles. The quantitative estimate of drug-likeness (QED) is 0.323. The van der Waals surface area contributed by atoms with Gasteiger partial charge in [0, 0.05) is 23.0 Å². The van der Waals surface area contributed by atoms with E-state index < -0.39 is 29.9 Å². The second-order valence-electron chi connectivity index (χ2n) is 8.59. The first-order valence-electron chi connectivity index (χ1n) is 10.6. The summed E-state index contributed by atoms with van der Waals surface area (Å²) in [4.78, 5) is 21.5. The highest BCUT2D eigenvalue weighted by Gasteiger charge is 2.56. The van der Waals surface area contributed by atoms with Crippen molar-refractivity contribution < 1.29 is 26.7 Å². The number of alkyl halides is 3. The molecule has 0 radical (unpaired) electrons. The van der Waals surface area contributed by atoms with Gasteiger partial charge in [-0.1, -0.05) is 0 Å². The molecule has 2 atom stereocenters. The average Bonchev–Trinajstić information content (AvgIpc) is 3.26. The van der Waals surface area contributed by atoms with Crippen LogP contribution in [0.2, 0.25) is 0 Å². The summed E-state index contributed by atoms with van der Waals surface area (Å²) in [6.07, 6.45) is -0.950. The van der Waals surface area contributed by atoms with Gasteiger partial charge < -0.3 is 9.88 Å². The van der Waals surface area contributed by atoms with Crippen molar-refractivity contribution in [2.45, 2.75) is 25.2 Å². The van der Waals surface area contributed by atoms with E-state index in [9.17, 15) is 18.0 Å². The Kier molecular flexibility index (Phi) is 4.36. The number of halogens is 5. The number of H-pyrrole nitrogens is 1. The lowest BCUT2D eigenvalue weighted by Gasteiger charge is -2.48. The maximum absolute atomic E-state index is 15.3. The third-order valence-corrected chi connectivity index (χ3v) is 6.47. The first-order valence-corrected chi connectivity index (χ1v) is 10.6. The lowest BCUT2D eigenvalue weighted by Crippen LogP contribution is -2.56. The van der Waals surface area contributed by atoms with E-state index >= 15 is 8.78 Å².